The summed E-state index contributed by atoms with van der Waals surface area (Å²) in [5, 5.41) is 50.7. The molecule has 24 nitrogen and oxygen atoms in total. The number of aromatic nitrogens is 3. The zero-order valence-electron chi connectivity index (χ0n) is 60.6. The number of Topliss-reactive ketones (excluding diaryl/α,β-unsaturated/α-hetero) is 2. The lowest BCUT2D eigenvalue weighted by Gasteiger charge is -2.43. The molecule has 5 aliphatic heterocycles. The van der Waals surface area contributed by atoms with Crippen LogP contribution in [0.1, 0.15) is 145 Å². The first kappa shape index (κ1) is 77.4. The number of aliphatic hydroxyl groups is 4. The van der Waals surface area contributed by atoms with E-state index < -0.39 is 96.0 Å². The van der Waals surface area contributed by atoms with Crippen LogP contribution in [0.15, 0.2) is 77.9 Å². The predicted molar refractivity (Wildman–Crippen MR) is 377 cm³/mol. The Kier molecular flexibility index (Phi) is 27.4. The number of ether oxygens (including phenoxy) is 8. The second-order valence-corrected chi connectivity index (χ2v) is 29.0. The van der Waals surface area contributed by atoms with E-state index in [9.17, 15) is 44.4 Å². The number of nitrogens with zero attached hydrogens (tertiary/aromatic N) is 6. The summed E-state index contributed by atoms with van der Waals surface area (Å²) in [6.45, 7) is 20.1. The first-order valence-corrected chi connectivity index (χ1v) is 36.1. The van der Waals surface area contributed by atoms with Crippen molar-refractivity contribution < 1.29 is 82.3 Å². The van der Waals surface area contributed by atoms with Crippen LogP contribution in [0.4, 0.5) is 16.6 Å². The minimum Gasteiger partial charge on any atom is -0.496 e. The molecule has 2 bridgehead atoms. The molecule has 0 spiro atoms. The number of aliphatic hydroxyl groups excluding tert-OH is 3. The molecule has 1 aromatic carbocycles. The molecule has 5 N–H and O–H groups in total. The van der Waals surface area contributed by atoms with E-state index in [1.165, 1.54) is 19.1 Å². The third kappa shape index (κ3) is 18.9. The number of pyridine rings is 1. The van der Waals surface area contributed by atoms with Crippen molar-refractivity contribution in [2.24, 2.45) is 35.5 Å². The van der Waals surface area contributed by atoms with Gasteiger partial charge in [0.05, 0.1) is 87.2 Å². The monoisotopic (exact) mass is 1390 g/mol. The van der Waals surface area contributed by atoms with Crippen LogP contribution in [0.25, 0.3) is 22.3 Å². The number of piperidine rings is 1. The van der Waals surface area contributed by atoms with E-state index in [4.69, 9.17) is 52.8 Å². The number of rotatable bonds is 12. The van der Waals surface area contributed by atoms with Crippen LogP contribution in [-0.4, -0.2) is 210 Å². The number of hydrogen-bond donors (Lipinski definition) is 5. The Hall–Kier alpha value is -6.74. The second kappa shape index (κ2) is 35.4. The van der Waals surface area contributed by atoms with Crippen LogP contribution in [0, 0.1) is 35.5 Å². The number of ketones is 2. The van der Waals surface area contributed by atoms with Gasteiger partial charge >= 0.3 is 12.1 Å². The van der Waals surface area contributed by atoms with E-state index in [1.54, 1.807) is 53.0 Å². The average molecular weight is 1390 g/mol. The topological polar surface area (TPSA) is 301 Å². The van der Waals surface area contributed by atoms with Crippen molar-refractivity contribution in [3.63, 3.8) is 0 Å². The number of amides is 2. The van der Waals surface area contributed by atoms with Gasteiger partial charge in [-0.15, -0.1) is 0 Å². The molecule has 2 amide bonds. The number of benzene rings is 1. The summed E-state index contributed by atoms with van der Waals surface area (Å²) in [5.41, 5.74) is 3.47. The van der Waals surface area contributed by atoms with E-state index in [-0.39, 0.29) is 80.6 Å². The van der Waals surface area contributed by atoms with Crippen molar-refractivity contribution in [3.8, 4) is 17.0 Å². The zero-order valence-corrected chi connectivity index (χ0v) is 60.6. The highest BCUT2D eigenvalue weighted by atomic mass is 16.6. The average Bonchev–Trinajstić information content (AvgIpc) is 0.772. The molecule has 3 aromatic rings. The molecular weight excluding hydrogens is 1280 g/mol. The summed E-state index contributed by atoms with van der Waals surface area (Å²) >= 11 is 0. The summed E-state index contributed by atoms with van der Waals surface area (Å²) in [5.74, 6) is -6.48. The highest BCUT2D eigenvalue weighted by molar-refractivity contribution is 6.39. The van der Waals surface area contributed by atoms with Crippen LogP contribution in [-0.2, 0) is 58.9 Å². The highest BCUT2D eigenvalue weighted by Crippen LogP contribution is 2.39. The van der Waals surface area contributed by atoms with Crippen LogP contribution < -0.4 is 19.9 Å². The Bertz CT molecular complexity index is 3440. The molecule has 1 saturated carbocycles. The van der Waals surface area contributed by atoms with Gasteiger partial charge in [-0.1, -0.05) is 76.6 Å². The van der Waals surface area contributed by atoms with Gasteiger partial charge in [0.15, 0.2) is 11.4 Å². The van der Waals surface area contributed by atoms with Gasteiger partial charge in [0.2, 0.25) is 11.7 Å². The first-order chi connectivity index (χ1) is 47.8. The fourth-order valence-electron chi connectivity index (χ4n) is 15.1. The van der Waals surface area contributed by atoms with Gasteiger partial charge in [-0.05, 0) is 152 Å². The standard InChI is InChI=1S/C76H109N7O17/c1-44-18-14-13-15-19-45(2)59(78-75(91)98-43-55-38-54(23-28-63(55)93-10)58-26-25-57-70(77-58)79-74(82-31-33-97-42-52(82)9)80-71(57)81-30-32-96-41-51(81)8)39-56-24-21-50(7)76(92,100-56)69(88)72(89)83-29-17-16-20-60(83)73(90)99-64(47(4)36-53-22-27-61(84)65(37-53)94-11)40-62(85)46(3)35-49(6)67(87)68(95-12)66(86)48(5)34-44/h13-15,18-19,23,25-26,28,35,38,44,46-48,50-53,56,59-62,64-65,67-68,84-85,87,92H,16-17,20-22,24,27,29-34,36-37,39-43H2,1-12H3,(H,78,91)/b15-13+,18-14+,45-19+,49-35+/t44-,46-,47-,48-,50-,51+,52+,53+,56+,59?,60+,61-,62?,64+,65-,67-,68+,76-/m1/s1. The summed E-state index contributed by atoms with van der Waals surface area (Å²) < 4.78 is 47.5. The number of morpholine rings is 2. The fraction of sp³-hybridized carbons (Fsp3) is 0.658. The van der Waals surface area contributed by atoms with E-state index in [1.807, 2.05) is 69.3 Å². The molecule has 24 heteroatoms. The minimum atomic E-state index is -2.62. The summed E-state index contributed by atoms with van der Waals surface area (Å²) in [4.78, 5) is 93.7. The van der Waals surface area contributed by atoms with Gasteiger partial charge in [0.25, 0.3) is 11.7 Å². The van der Waals surface area contributed by atoms with E-state index in [0.717, 1.165) is 16.8 Å². The van der Waals surface area contributed by atoms with Gasteiger partial charge in [-0.2, -0.15) is 9.97 Å². The Balaban J connectivity index is 0.981. The van der Waals surface area contributed by atoms with Crippen LogP contribution in [0.3, 0.4) is 0 Å². The number of nitrogens with one attached hydrogen (secondary N) is 1. The maximum Gasteiger partial charge on any atom is 0.407 e. The van der Waals surface area contributed by atoms with Crippen molar-refractivity contribution >= 4 is 52.3 Å². The van der Waals surface area contributed by atoms with Gasteiger partial charge in [-0.3, -0.25) is 14.4 Å². The van der Waals surface area contributed by atoms with Crippen molar-refractivity contribution in [1.82, 2.24) is 25.2 Å². The molecule has 0 radical (unpaired) electrons. The molecule has 4 saturated heterocycles. The number of allylic oxidation sites excluding steroid dienone is 5. The third-order valence-electron chi connectivity index (χ3n) is 21.5. The Morgan fingerprint density at radius 1 is 0.770 bits per heavy atom. The molecule has 550 valence electrons. The minimum absolute atomic E-state index is 0.0224. The van der Waals surface area contributed by atoms with Gasteiger partial charge < -0.3 is 78.3 Å². The van der Waals surface area contributed by atoms with Crippen molar-refractivity contribution in [3.05, 3.63) is 83.5 Å². The molecule has 7 heterocycles. The zero-order chi connectivity index (χ0) is 72.1. The van der Waals surface area contributed by atoms with Crippen molar-refractivity contribution in [1.29, 1.82) is 0 Å². The molecule has 5 fully saturated rings. The lowest BCUT2D eigenvalue weighted by Crippen LogP contribution is -2.61. The SMILES string of the molecule is COc1ccc(-c2ccc3c(N4CCOC[C@@H]4C)nc(N4CCOC[C@@H]4C)nc3n2)cc1COC(=O)NC1C[C@@H]2CC[C@@H](C)[C@@](O)(O2)C(=O)C(=O)N2CCCC[C@H]2C(=O)O[C@H]([C@H](C)C[C@@H]2CC[C@@H](O)[C@H](OC)C2)CC(O)[C@H](C)/C=C(\C)[C@@H](O)[C@@H](OC)C(=O)[C@H](C)C[C@H](C)/C=C/C=C/C=C/1C. The largest absolute Gasteiger partial charge is 0.496 e. The summed E-state index contributed by atoms with van der Waals surface area (Å²) in [6.07, 6.45) is 8.38. The van der Waals surface area contributed by atoms with Gasteiger partial charge in [-0.25, -0.2) is 14.6 Å². The maximum atomic E-state index is 14.8. The molecule has 100 heavy (non-hydrogen) atoms. The van der Waals surface area contributed by atoms with Gasteiger partial charge in [0.1, 0.15) is 42.5 Å². The predicted octanol–water partition coefficient (Wildman–Crippen LogP) is 8.72. The number of hydrogen-bond acceptors (Lipinski definition) is 22. The first-order valence-electron chi connectivity index (χ1n) is 36.1. The second-order valence-electron chi connectivity index (χ2n) is 29.0. The van der Waals surface area contributed by atoms with Crippen LogP contribution >= 0.6 is 0 Å². The quantitative estimate of drug-likeness (QED) is 0.0643. The molecule has 6 aliphatic rings. The number of fused-ring (bicyclic) bond motifs is 4. The highest BCUT2D eigenvalue weighted by Gasteiger charge is 2.53. The van der Waals surface area contributed by atoms with Crippen molar-refractivity contribution in [2.75, 3.05) is 77.2 Å². The smallest absolute Gasteiger partial charge is 0.407 e. The third-order valence-corrected chi connectivity index (χ3v) is 21.5. The number of methoxy groups -OCH3 is 3. The number of esters is 1. The lowest BCUT2D eigenvalue weighted by atomic mass is 9.78. The van der Waals surface area contributed by atoms with E-state index in [2.05, 4.69) is 29.0 Å². The maximum absolute atomic E-state index is 14.8. The van der Waals surface area contributed by atoms with Crippen LogP contribution in [0.2, 0.25) is 0 Å². The van der Waals surface area contributed by atoms with Crippen LogP contribution in [0.5, 0.6) is 5.75 Å². The molecular formula is C76H109N7O17. The number of cyclic esters (lactones) is 1. The summed E-state index contributed by atoms with van der Waals surface area (Å²) in [7, 11) is 4.48. The molecule has 18 atom stereocenters. The Morgan fingerprint density at radius 3 is 2.22 bits per heavy atom. The molecule has 9 rings (SSSR count). The van der Waals surface area contributed by atoms with Crippen molar-refractivity contribution in [2.45, 2.75) is 219 Å². The fourth-order valence-corrected chi connectivity index (χ4v) is 15.1. The Labute approximate surface area is 589 Å². The number of carbonyl (C=O) groups excluding carboxylic acids is 5. The van der Waals surface area contributed by atoms with E-state index in [0.29, 0.717) is 131 Å². The number of anilines is 2. The number of alkyl carbamates (subject to hydrolysis) is 1. The Morgan fingerprint density at radius 2 is 1.51 bits per heavy atom. The molecule has 2 aromatic heterocycles. The number of carbonyl (C=O) groups is 5. The van der Waals surface area contributed by atoms with Gasteiger partial charge in [0, 0.05) is 69.2 Å². The normalized spacial score (nSPS) is 34.4. The lowest BCUT2D eigenvalue weighted by molar-refractivity contribution is -0.264. The summed E-state index contributed by atoms with van der Waals surface area (Å²) in [6, 6.07) is 7.54. The molecule has 1 aliphatic carbocycles. The molecule has 2 unspecified atom stereocenters. The van der Waals surface area contributed by atoms with E-state index >= 15 is 0 Å².